The minimum atomic E-state index is -0.326. The van der Waals surface area contributed by atoms with Crippen molar-refractivity contribution in [3.8, 4) is 0 Å². The quantitative estimate of drug-likeness (QED) is 0.292. The Kier molecular flexibility index (Phi) is 17.3. The summed E-state index contributed by atoms with van der Waals surface area (Å²) < 4.78 is 5.46. The van der Waals surface area contributed by atoms with E-state index in [4.69, 9.17) is 4.74 Å². The molecule has 0 spiro atoms. The first-order chi connectivity index (χ1) is 12.1. The van der Waals surface area contributed by atoms with Gasteiger partial charge >= 0.3 is 0 Å². The molecule has 0 fully saturated rings. The van der Waals surface area contributed by atoms with Gasteiger partial charge in [-0.25, -0.2) is 0 Å². The number of methoxy groups -OCH3 is 1. The monoisotopic (exact) mass is 355 g/mol. The number of nitrogens with one attached hydrogen (secondary N) is 1. The summed E-state index contributed by atoms with van der Waals surface area (Å²) in [5.41, 5.74) is 0. The highest BCUT2D eigenvalue weighted by Crippen LogP contribution is 2.13. The van der Waals surface area contributed by atoms with Crippen LogP contribution in [0.3, 0.4) is 0 Å². The molecule has 2 N–H and O–H groups in total. The van der Waals surface area contributed by atoms with Crippen LogP contribution in [0.2, 0.25) is 0 Å². The van der Waals surface area contributed by atoms with Crippen LogP contribution in [0.5, 0.6) is 0 Å². The number of aliphatic hydroxyl groups excluding tert-OH is 1. The summed E-state index contributed by atoms with van der Waals surface area (Å²) in [5.74, 6) is -0.136. The molecule has 0 aromatic rings. The molecule has 0 aliphatic carbocycles. The Balaban J connectivity index is 3.65. The standard InChI is InChI=1S/C21H41NO3/c1-4-5-6-7-8-9-10-11-12-13-14-15-21(25-3)17-16-20(18-23)22-19(2)24/h16-17,20-21,23H,4-15,18H2,1-3H3,(H,22,24)/b17-16+/t20-,21-/m1/s1. The Labute approximate surface area is 155 Å². The van der Waals surface area contributed by atoms with E-state index < -0.39 is 0 Å². The van der Waals surface area contributed by atoms with Crippen molar-refractivity contribution in [1.29, 1.82) is 0 Å². The predicted octanol–water partition coefficient (Wildman–Crippen LogP) is 4.76. The van der Waals surface area contributed by atoms with Gasteiger partial charge in [-0.1, -0.05) is 89.7 Å². The normalized spacial score (nSPS) is 13.9. The topological polar surface area (TPSA) is 58.6 Å². The summed E-state index contributed by atoms with van der Waals surface area (Å²) in [5, 5.41) is 11.9. The minimum absolute atomic E-state index is 0.0568. The summed E-state index contributed by atoms with van der Waals surface area (Å²) >= 11 is 0. The van der Waals surface area contributed by atoms with E-state index in [0.29, 0.717) is 0 Å². The van der Waals surface area contributed by atoms with Gasteiger partial charge in [-0.15, -0.1) is 0 Å². The smallest absolute Gasteiger partial charge is 0.217 e. The zero-order chi connectivity index (χ0) is 18.8. The van der Waals surface area contributed by atoms with Crippen molar-refractivity contribution in [2.75, 3.05) is 13.7 Å². The second-order valence-electron chi connectivity index (χ2n) is 6.97. The summed E-state index contributed by atoms with van der Waals surface area (Å²) in [4.78, 5) is 11.0. The molecule has 0 rings (SSSR count). The first-order valence-corrected chi connectivity index (χ1v) is 10.2. The number of unbranched alkanes of at least 4 members (excludes halogenated alkanes) is 10. The van der Waals surface area contributed by atoms with Crippen LogP contribution in [0.1, 0.15) is 90.9 Å². The van der Waals surface area contributed by atoms with Crippen LogP contribution in [0.25, 0.3) is 0 Å². The molecule has 0 unspecified atom stereocenters. The molecule has 0 saturated carbocycles. The average molecular weight is 356 g/mol. The van der Waals surface area contributed by atoms with Crippen molar-refractivity contribution < 1.29 is 14.6 Å². The molecule has 0 aromatic heterocycles. The largest absolute Gasteiger partial charge is 0.394 e. The number of amides is 1. The minimum Gasteiger partial charge on any atom is -0.394 e. The molecule has 4 heteroatoms. The van der Waals surface area contributed by atoms with E-state index in [2.05, 4.69) is 12.2 Å². The maximum Gasteiger partial charge on any atom is 0.217 e. The lowest BCUT2D eigenvalue weighted by Gasteiger charge is -2.14. The number of hydrogen-bond donors (Lipinski definition) is 2. The summed E-state index contributed by atoms with van der Waals surface area (Å²) in [6.07, 6.45) is 19.6. The van der Waals surface area contributed by atoms with Crippen molar-refractivity contribution in [1.82, 2.24) is 5.32 Å². The fourth-order valence-corrected chi connectivity index (χ4v) is 2.98. The van der Waals surface area contributed by atoms with Crippen molar-refractivity contribution in [2.45, 2.75) is 103 Å². The molecule has 0 saturated heterocycles. The Morgan fingerprint density at radius 3 is 1.92 bits per heavy atom. The number of carbonyl (C=O) groups excluding carboxylic acids is 1. The van der Waals surface area contributed by atoms with Gasteiger partial charge in [0.15, 0.2) is 0 Å². The van der Waals surface area contributed by atoms with Gasteiger partial charge in [0.2, 0.25) is 5.91 Å². The lowest BCUT2D eigenvalue weighted by atomic mass is 10.0. The summed E-state index contributed by atoms with van der Waals surface area (Å²) in [6.45, 7) is 3.62. The molecule has 0 radical (unpaired) electrons. The highest BCUT2D eigenvalue weighted by Gasteiger charge is 2.07. The lowest BCUT2D eigenvalue weighted by Crippen LogP contribution is -2.34. The van der Waals surface area contributed by atoms with E-state index in [1.165, 1.54) is 71.1 Å². The van der Waals surface area contributed by atoms with E-state index in [1.54, 1.807) is 7.11 Å². The number of ether oxygens (including phenoxy) is 1. The summed E-state index contributed by atoms with van der Waals surface area (Å²) in [7, 11) is 1.71. The molecule has 2 atom stereocenters. The van der Waals surface area contributed by atoms with Gasteiger partial charge in [0, 0.05) is 14.0 Å². The molecule has 4 nitrogen and oxygen atoms in total. The first-order valence-electron chi connectivity index (χ1n) is 10.2. The lowest BCUT2D eigenvalue weighted by molar-refractivity contribution is -0.119. The molecule has 0 aliphatic rings. The number of hydrogen-bond acceptors (Lipinski definition) is 3. The van der Waals surface area contributed by atoms with Gasteiger partial charge in [0.25, 0.3) is 0 Å². The van der Waals surface area contributed by atoms with Gasteiger partial charge in [-0.3, -0.25) is 4.79 Å². The van der Waals surface area contributed by atoms with Gasteiger partial charge in [0.05, 0.1) is 18.8 Å². The van der Waals surface area contributed by atoms with Crippen LogP contribution in [-0.4, -0.2) is 36.9 Å². The van der Waals surface area contributed by atoms with Crippen LogP contribution in [0.4, 0.5) is 0 Å². The van der Waals surface area contributed by atoms with E-state index in [-0.39, 0.29) is 24.7 Å². The zero-order valence-electron chi connectivity index (χ0n) is 16.8. The molecule has 0 bridgehead atoms. The van der Waals surface area contributed by atoms with Crippen LogP contribution in [-0.2, 0) is 9.53 Å². The second-order valence-corrected chi connectivity index (χ2v) is 6.97. The van der Waals surface area contributed by atoms with Crippen LogP contribution >= 0.6 is 0 Å². The third-order valence-corrected chi connectivity index (χ3v) is 4.54. The third kappa shape index (κ3) is 16.4. The van der Waals surface area contributed by atoms with Crippen molar-refractivity contribution in [3.05, 3.63) is 12.2 Å². The molecule has 148 valence electrons. The molecular formula is C21H41NO3. The maximum absolute atomic E-state index is 11.0. The van der Waals surface area contributed by atoms with Crippen molar-refractivity contribution in [2.24, 2.45) is 0 Å². The fourth-order valence-electron chi connectivity index (χ4n) is 2.98. The second kappa shape index (κ2) is 17.9. The molecular weight excluding hydrogens is 314 g/mol. The number of aliphatic hydroxyl groups is 1. The average Bonchev–Trinajstić information content (AvgIpc) is 2.60. The molecule has 0 heterocycles. The predicted molar refractivity (Wildman–Crippen MR) is 106 cm³/mol. The Morgan fingerprint density at radius 1 is 0.960 bits per heavy atom. The Hall–Kier alpha value is -0.870. The van der Waals surface area contributed by atoms with Gasteiger partial charge in [-0.2, -0.15) is 0 Å². The number of carbonyl (C=O) groups is 1. The van der Waals surface area contributed by atoms with Crippen LogP contribution < -0.4 is 5.32 Å². The molecule has 1 amide bonds. The van der Waals surface area contributed by atoms with Gasteiger partial charge < -0.3 is 15.2 Å². The highest BCUT2D eigenvalue weighted by atomic mass is 16.5. The van der Waals surface area contributed by atoms with Gasteiger partial charge in [-0.05, 0) is 6.42 Å². The Morgan fingerprint density at radius 2 is 1.48 bits per heavy atom. The first kappa shape index (κ1) is 24.1. The molecule has 0 aliphatic heterocycles. The van der Waals surface area contributed by atoms with E-state index in [0.717, 1.165) is 12.8 Å². The van der Waals surface area contributed by atoms with Crippen molar-refractivity contribution in [3.63, 3.8) is 0 Å². The van der Waals surface area contributed by atoms with Crippen molar-refractivity contribution >= 4 is 5.91 Å². The van der Waals surface area contributed by atoms with Crippen LogP contribution in [0.15, 0.2) is 12.2 Å². The van der Waals surface area contributed by atoms with E-state index in [9.17, 15) is 9.90 Å². The number of rotatable bonds is 17. The third-order valence-electron chi connectivity index (χ3n) is 4.54. The van der Waals surface area contributed by atoms with Crippen LogP contribution in [0, 0.1) is 0 Å². The molecule has 0 aromatic carbocycles. The Bertz CT molecular complexity index is 331. The van der Waals surface area contributed by atoms with E-state index >= 15 is 0 Å². The maximum atomic E-state index is 11.0. The van der Waals surface area contributed by atoms with E-state index in [1.807, 2.05) is 12.2 Å². The molecule has 25 heavy (non-hydrogen) atoms. The zero-order valence-corrected chi connectivity index (χ0v) is 16.8. The fraction of sp³-hybridized carbons (Fsp3) is 0.857. The SMILES string of the molecule is CCCCCCCCCCCCC[C@H](/C=C/[C@H](CO)NC(C)=O)OC. The summed E-state index contributed by atoms with van der Waals surface area (Å²) in [6, 6.07) is -0.326. The van der Waals surface area contributed by atoms with Gasteiger partial charge in [0.1, 0.15) is 0 Å². The highest BCUT2D eigenvalue weighted by molar-refractivity contribution is 5.73.